The molecule has 1 aromatic carbocycles. The van der Waals surface area contributed by atoms with E-state index in [2.05, 4.69) is 15.9 Å². The summed E-state index contributed by atoms with van der Waals surface area (Å²) in [7, 11) is 1.69. The average molecular weight is 334 g/mol. The number of benzene rings is 1. The van der Waals surface area contributed by atoms with Crippen molar-refractivity contribution < 1.29 is 9.84 Å². The normalized spacial score (nSPS) is 20.0. The quantitative estimate of drug-likeness (QED) is 0.903. The minimum absolute atomic E-state index is 0.379. The molecule has 0 amide bonds. The highest BCUT2D eigenvalue weighted by Gasteiger charge is 2.40. The largest absolute Gasteiger partial charge is 0.390 e. The van der Waals surface area contributed by atoms with Gasteiger partial charge in [0.1, 0.15) is 0 Å². The zero-order valence-electron chi connectivity index (χ0n) is 10.5. The molecule has 0 aromatic heterocycles. The van der Waals surface area contributed by atoms with E-state index in [9.17, 15) is 5.11 Å². The van der Waals surface area contributed by atoms with Gasteiger partial charge in [0.05, 0.1) is 11.7 Å². The Bertz CT molecular complexity index is 416. The lowest BCUT2D eigenvalue weighted by atomic mass is 9.90. The Balaban J connectivity index is 2.12. The van der Waals surface area contributed by atoms with Crippen molar-refractivity contribution in [2.75, 3.05) is 7.11 Å². The van der Waals surface area contributed by atoms with Gasteiger partial charge in [0.2, 0.25) is 0 Å². The van der Waals surface area contributed by atoms with Crippen molar-refractivity contribution in [2.45, 2.75) is 43.8 Å². The molecule has 1 atom stereocenters. The summed E-state index contributed by atoms with van der Waals surface area (Å²) < 4.78 is 6.55. The van der Waals surface area contributed by atoms with Crippen LogP contribution in [-0.2, 0) is 11.2 Å². The van der Waals surface area contributed by atoms with Crippen molar-refractivity contribution in [1.82, 2.24) is 0 Å². The molecular formula is C14H18BrClO2. The molecular weight excluding hydrogens is 316 g/mol. The average Bonchev–Trinajstić information content (AvgIpc) is 2.82. The van der Waals surface area contributed by atoms with Crippen molar-refractivity contribution in [2.24, 2.45) is 0 Å². The summed E-state index contributed by atoms with van der Waals surface area (Å²) in [6.07, 6.45) is 4.15. The summed E-state index contributed by atoms with van der Waals surface area (Å²) in [5, 5.41) is 11.1. The number of rotatable bonds is 4. The first-order chi connectivity index (χ1) is 8.57. The van der Waals surface area contributed by atoms with Gasteiger partial charge in [-0.3, -0.25) is 0 Å². The van der Waals surface area contributed by atoms with Crippen molar-refractivity contribution in [3.8, 4) is 0 Å². The topological polar surface area (TPSA) is 29.5 Å². The number of aliphatic hydroxyl groups is 1. The number of hydrogen-bond acceptors (Lipinski definition) is 2. The lowest BCUT2D eigenvalue weighted by Crippen LogP contribution is -2.42. The Morgan fingerprint density at radius 1 is 1.44 bits per heavy atom. The van der Waals surface area contributed by atoms with E-state index in [1.165, 1.54) is 0 Å². The van der Waals surface area contributed by atoms with Crippen molar-refractivity contribution in [3.05, 3.63) is 33.3 Å². The van der Waals surface area contributed by atoms with Gasteiger partial charge in [-0.2, -0.15) is 0 Å². The van der Waals surface area contributed by atoms with Gasteiger partial charge in [0.15, 0.2) is 0 Å². The van der Waals surface area contributed by atoms with Gasteiger partial charge in [-0.05, 0) is 30.5 Å². The SMILES string of the molecule is COC1(C(O)Cc2ccc(Br)cc2Cl)CCCC1. The van der Waals surface area contributed by atoms with Gasteiger partial charge in [0, 0.05) is 23.0 Å². The molecule has 1 unspecified atom stereocenters. The fourth-order valence-corrected chi connectivity index (χ4v) is 3.48. The fourth-order valence-electron chi connectivity index (χ4n) is 2.73. The Kier molecular flexibility index (Phi) is 4.70. The summed E-state index contributed by atoms with van der Waals surface area (Å²) >= 11 is 9.57. The molecule has 1 aliphatic rings. The Labute approximate surface area is 121 Å². The molecule has 0 bridgehead atoms. The van der Waals surface area contributed by atoms with Crippen LogP contribution in [0.1, 0.15) is 31.2 Å². The van der Waals surface area contributed by atoms with Gasteiger partial charge in [-0.1, -0.05) is 46.4 Å². The molecule has 1 N–H and O–H groups in total. The molecule has 1 aliphatic carbocycles. The van der Waals surface area contributed by atoms with E-state index in [0.717, 1.165) is 35.7 Å². The van der Waals surface area contributed by atoms with Gasteiger partial charge in [-0.25, -0.2) is 0 Å². The number of ether oxygens (including phenoxy) is 1. The van der Waals surface area contributed by atoms with E-state index < -0.39 is 6.10 Å². The van der Waals surface area contributed by atoms with Crippen LogP contribution in [0, 0.1) is 0 Å². The minimum Gasteiger partial charge on any atom is -0.390 e. The molecule has 100 valence electrons. The first-order valence-electron chi connectivity index (χ1n) is 6.24. The first kappa shape index (κ1) is 14.3. The maximum atomic E-state index is 10.5. The molecule has 18 heavy (non-hydrogen) atoms. The van der Waals surface area contributed by atoms with Crippen LogP contribution in [0.3, 0.4) is 0 Å². The van der Waals surface area contributed by atoms with E-state index in [0.29, 0.717) is 11.4 Å². The molecule has 0 radical (unpaired) electrons. The predicted molar refractivity (Wildman–Crippen MR) is 77.1 cm³/mol. The third-order valence-electron chi connectivity index (χ3n) is 3.89. The second-order valence-corrected chi connectivity index (χ2v) is 6.25. The van der Waals surface area contributed by atoms with Crippen molar-refractivity contribution in [3.63, 3.8) is 0 Å². The Morgan fingerprint density at radius 2 is 2.11 bits per heavy atom. The third-order valence-corrected chi connectivity index (χ3v) is 4.74. The van der Waals surface area contributed by atoms with Crippen molar-refractivity contribution >= 4 is 27.5 Å². The van der Waals surface area contributed by atoms with E-state index in [-0.39, 0.29) is 5.60 Å². The molecule has 0 aliphatic heterocycles. The predicted octanol–water partition coefficient (Wildman–Crippen LogP) is 3.97. The third kappa shape index (κ3) is 2.90. The minimum atomic E-state index is -0.497. The van der Waals surface area contributed by atoms with Gasteiger partial charge in [-0.15, -0.1) is 0 Å². The molecule has 0 spiro atoms. The van der Waals surface area contributed by atoms with Gasteiger partial charge >= 0.3 is 0 Å². The monoisotopic (exact) mass is 332 g/mol. The van der Waals surface area contributed by atoms with Crippen LogP contribution in [0.15, 0.2) is 22.7 Å². The maximum absolute atomic E-state index is 10.5. The highest BCUT2D eigenvalue weighted by Crippen LogP contribution is 2.37. The van der Waals surface area contributed by atoms with Crippen LogP contribution in [0.4, 0.5) is 0 Å². The number of aliphatic hydroxyl groups excluding tert-OH is 1. The standard InChI is InChI=1S/C14H18BrClO2/c1-18-14(6-2-3-7-14)13(17)8-10-4-5-11(15)9-12(10)16/h4-5,9,13,17H,2-3,6-8H2,1H3. The summed E-state index contributed by atoms with van der Waals surface area (Å²) in [6, 6.07) is 5.76. The van der Waals surface area contributed by atoms with Crippen LogP contribution in [0.5, 0.6) is 0 Å². The van der Waals surface area contributed by atoms with Crippen LogP contribution < -0.4 is 0 Å². The molecule has 0 heterocycles. The van der Waals surface area contributed by atoms with E-state index in [1.54, 1.807) is 7.11 Å². The highest BCUT2D eigenvalue weighted by molar-refractivity contribution is 9.10. The van der Waals surface area contributed by atoms with E-state index in [4.69, 9.17) is 16.3 Å². The molecule has 2 rings (SSSR count). The van der Waals surface area contributed by atoms with Crippen molar-refractivity contribution in [1.29, 1.82) is 0 Å². The Hall–Kier alpha value is -0.0900. The van der Waals surface area contributed by atoms with Gasteiger partial charge < -0.3 is 9.84 Å². The zero-order valence-corrected chi connectivity index (χ0v) is 12.8. The van der Waals surface area contributed by atoms with Crippen LogP contribution >= 0.6 is 27.5 Å². The highest BCUT2D eigenvalue weighted by atomic mass is 79.9. The molecule has 1 saturated carbocycles. The molecule has 0 saturated heterocycles. The van der Waals surface area contributed by atoms with E-state index >= 15 is 0 Å². The van der Waals surface area contributed by atoms with Crippen LogP contribution in [0.2, 0.25) is 5.02 Å². The Morgan fingerprint density at radius 3 is 2.67 bits per heavy atom. The molecule has 2 nitrogen and oxygen atoms in total. The molecule has 1 aromatic rings. The van der Waals surface area contributed by atoms with Crippen LogP contribution in [0.25, 0.3) is 0 Å². The van der Waals surface area contributed by atoms with Gasteiger partial charge in [0.25, 0.3) is 0 Å². The van der Waals surface area contributed by atoms with E-state index in [1.807, 2.05) is 18.2 Å². The number of halogens is 2. The second-order valence-electron chi connectivity index (χ2n) is 4.93. The maximum Gasteiger partial charge on any atom is 0.0939 e. The molecule has 4 heteroatoms. The first-order valence-corrected chi connectivity index (χ1v) is 7.42. The zero-order chi connectivity index (χ0) is 13.2. The smallest absolute Gasteiger partial charge is 0.0939 e. The lowest BCUT2D eigenvalue weighted by Gasteiger charge is -2.33. The second kappa shape index (κ2) is 5.91. The number of methoxy groups -OCH3 is 1. The summed E-state index contributed by atoms with van der Waals surface area (Å²) in [5.74, 6) is 0. The number of hydrogen-bond donors (Lipinski definition) is 1. The summed E-state index contributed by atoms with van der Waals surface area (Å²) in [6.45, 7) is 0. The van der Waals surface area contributed by atoms with Crippen LogP contribution in [-0.4, -0.2) is 23.9 Å². The fraction of sp³-hybridized carbons (Fsp3) is 0.571. The lowest BCUT2D eigenvalue weighted by molar-refractivity contribution is -0.0971. The molecule has 1 fully saturated rings. The summed E-state index contributed by atoms with van der Waals surface area (Å²) in [5.41, 5.74) is 0.590. The summed E-state index contributed by atoms with van der Waals surface area (Å²) in [4.78, 5) is 0.